The van der Waals surface area contributed by atoms with Crippen molar-refractivity contribution in [3.8, 4) is 0 Å². The van der Waals surface area contributed by atoms with E-state index in [-0.39, 0.29) is 11.8 Å². The molecule has 0 saturated heterocycles. The predicted octanol–water partition coefficient (Wildman–Crippen LogP) is 4.32. The van der Waals surface area contributed by atoms with Crippen molar-refractivity contribution >= 4 is 40.9 Å². The van der Waals surface area contributed by atoms with Crippen molar-refractivity contribution in [3.05, 3.63) is 53.5 Å². The quantitative estimate of drug-likeness (QED) is 0.774. The van der Waals surface area contributed by atoms with E-state index in [9.17, 15) is 9.59 Å². The molecular weight excluding hydrogens is 316 g/mol. The van der Waals surface area contributed by atoms with Gasteiger partial charge in [0, 0.05) is 18.2 Å². The molecule has 2 aromatic rings. The van der Waals surface area contributed by atoms with Gasteiger partial charge in [0.1, 0.15) is 5.76 Å². The molecule has 2 amide bonds. The van der Waals surface area contributed by atoms with Crippen LogP contribution in [0.15, 0.2) is 47.1 Å². The van der Waals surface area contributed by atoms with Gasteiger partial charge >= 0.3 is 0 Å². The highest BCUT2D eigenvalue weighted by molar-refractivity contribution is 6.34. The number of hydrogen-bond donors (Lipinski definition) is 2. The van der Waals surface area contributed by atoms with Crippen molar-refractivity contribution in [3.63, 3.8) is 0 Å². The van der Waals surface area contributed by atoms with Crippen molar-refractivity contribution in [2.24, 2.45) is 0 Å². The third kappa shape index (κ3) is 5.30. The molecule has 1 aromatic carbocycles. The predicted molar refractivity (Wildman–Crippen MR) is 91.4 cm³/mol. The number of hydrogen-bond acceptors (Lipinski definition) is 3. The molecule has 0 bridgehead atoms. The maximum absolute atomic E-state index is 11.9. The Hall–Kier alpha value is -2.53. The van der Waals surface area contributed by atoms with E-state index in [0.29, 0.717) is 28.6 Å². The Morgan fingerprint density at radius 2 is 2.09 bits per heavy atom. The second kappa shape index (κ2) is 8.19. The molecule has 2 N–H and O–H groups in total. The van der Waals surface area contributed by atoms with Crippen LogP contribution in [0.2, 0.25) is 5.02 Å². The number of amides is 2. The van der Waals surface area contributed by atoms with Crippen LogP contribution in [0.25, 0.3) is 6.08 Å². The van der Waals surface area contributed by atoms with Crippen LogP contribution in [0.5, 0.6) is 0 Å². The standard InChI is InChI=1S/C17H17ClN2O3/c1-2-4-16(21)19-12-6-8-14(18)15(11-12)20-17(22)9-7-13-5-3-10-23-13/h3,5-11H,2,4H2,1H3,(H,19,21)(H,20,22)/b9-7+. The first-order valence-corrected chi connectivity index (χ1v) is 7.58. The SMILES string of the molecule is CCCC(=O)Nc1ccc(Cl)c(NC(=O)/C=C/c2ccco2)c1. The molecule has 0 saturated carbocycles. The summed E-state index contributed by atoms with van der Waals surface area (Å²) in [6, 6.07) is 8.39. The average molecular weight is 333 g/mol. The van der Waals surface area contributed by atoms with E-state index in [4.69, 9.17) is 16.0 Å². The molecule has 1 aromatic heterocycles. The molecule has 0 radical (unpaired) electrons. The van der Waals surface area contributed by atoms with Gasteiger partial charge in [0.05, 0.1) is 17.0 Å². The second-order valence-electron chi connectivity index (χ2n) is 4.83. The Morgan fingerprint density at radius 3 is 2.78 bits per heavy atom. The van der Waals surface area contributed by atoms with Crippen LogP contribution in [0.4, 0.5) is 11.4 Å². The summed E-state index contributed by atoms with van der Waals surface area (Å²) in [5.41, 5.74) is 1.01. The van der Waals surface area contributed by atoms with E-state index in [1.807, 2.05) is 6.92 Å². The fraction of sp³-hybridized carbons (Fsp3) is 0.176. The molecule has 0 fully saturated rings. The fourth-order valence-electron chi connectivity index (χ4n) is 1.87. The zero-order chi connectivity index (χ0) is 16.7. The Bertz CT molecular complexity index is 709. The first-order chi connectivity index (χ1) is 11.1. The lowest BCUT2D eigenvalue weighted by atomic mass is 10.2. The van der Waals surface area contributed by atoms with Crippen LogP contribution in [0, 0.1) is 0 Å². The zero-order valence-electron chi connectivity index (χ0n) is 12.6. The molecule has 23 heavy (non-hydrogen) atoms. The fourth-order valence-corrected chi connectivity index (χ4v) is 2.03. The smallest absolute Gasteiger partial charge is 0.248 e. The number of halogens is 1. The van der Waals surface area contributed by atoms with Gasteiger partial charge in [-0.15, -0.1) is 0 Å². The minimum atomic E-state index is -0.347. The molecule has 0 aliphatic rings. The van der Waals surface area contributed by atoms with Gasteiger partial charge in [0.25, 0.3) is 0 Å². The van der Waals surface area contributed by atoms with Crippen LogP contribution in [-0.2, 0) is 9.59 Å². The number of rotatable bonds is 6. The zero-order valence-corrected chi connectivity index (χ0v) is 13.4. The summed E-state index contributed by atoms with van der Waals surface area (Å²) >= 11 is 6.07. The first-order valence-electron chi connectivity index (χ1n) is 7.20. The van der Waals surface area contributed by atoms with Gasteiger partial charge in [0.15, 0.2) is 0 Å². The number of anilines is 2. The summed E-state index contributed by atoms with van der Waals surface area (Å²) in [6.07, 6.45) is 5.63. The van der Waals surface area contributed by atoms with Crippen LogP contribution < -0.4 is 10.6 Å². The molecule has 0 aliphatic heterocycles. The molecule has 1 heterocycles. The highest BCUT2D eigenvalue weighted by atomic mass is 35.5. The van der Waals surface area contributed by atoms with Crippen molar-refractivity contribution in [2.75, 3.05) is 10.6 Å². The lowest BCUT2D eigenvalue weighted by Crippen LogP contribution is -2.12. The lowest BCUT2D eigenvalue weighted by Gasteiger charge is -2.09. The summed E-state index contributed by atoms with van der Waals surface area (Å²) in [5, 5.41) is 5.81. The highest BCUT2D eigenvalue weighted by Gasteiger charge is 2.07. The highest BCUT2D eigenvalue weighted by Crippen LogP contribution is 2.25. The topological polar surface area (TPSA) is 71.3 Å². The van der Waals surface area contributed by atoms with E-state index >= 15 is 0 Å². The summed E-state index contributed by atoms with van der Waals surface area (Å²) in [4.78, 5) is 23.5. The van der Waals surface area contributed by atoms with Crippen LogP contribution in [-0.4, -0.2) is 11.8 Å². The van der Waals surface area contributed by atoms with Gasteiger partial charge < -0.3 is 15.1 Å². The van der Waals surface area contributed by atoms with Crippen molar-refractivity contribution in [1.29, 1.82) is 0 Å². The number of nitrogens with one attached hydrogen (secondary N) is 2. The Kier molecular flexibility index (Phi) is 6.00. The number of carbonyl (C=O) groups excluding carboxylic acids is 2. The van der Waals surface area contributed by atoms with Crippen LogP contribution in [0.1, 0.15) is 25.5 Å². The van der Waals surface area contributed by atoms with Gasteiger partial charge in [-0.05, 0) is 42.8 Å². The molecule has 0 spiro atoms. The average Bonchev–Trinajstić information content (AvgIpc) is 3.02. The summed E-state index contributed by atoms with van der Waals surface area (Å²) in [5.74, 6) is 0.150. The van der Waals surface area contributed by atoms with Gasteiger partial charge in [-0.3, -0.25) is 9.59 Å². The largest absolute Gasteiger partial charge is 0.465 e. The van der Waals surface area contributed by atoms with Crippen LogP contribution >= 0.6 is 11.6 Å². The summed E-state index contributed by atoms with van der Waals surface area (Å²) in [6.45, 7) is 1.93. The van der Waals surface area contributed by atoms with Gasteiger partial charge in [-0.2, -0.15) is 0 Å². The van der Waals surface area contributed by atoms with E-state index in [1.165, 1.54) is 12.3 Å². The second-order valence-corrected chi connectivity index (χ2v) is 5.24. The van der Waals surface area contributed by atoms with Gasteiger partial charge in [0.2, 0.25) is 11.8 Å². The molecule has 2 rings (SSSR count). The molecule has 5 nitrogen and oxygen atoms in total. The molecule has 0 unspecified atom stereocenters. The first kappa shape index (κ1) is 16.8. The maximum Gasteiger partial charge on any atom is 0.248 e. The van der Waals surface area contributed by atoms with E-state index in [0.717, 1.165) is 6.42 Å². The lowest BCUT2D eigenvalue weighted by molar-refractivity contribution is -0.116. The molecule has 0 atom stereocenters. The number of carbonyl (C=O) groups is 2. The van der Waals surface area contributed by atoms with E-state index in [2.05, 4.69) is 10.6 Å². The van der Waals surface area contributed by atoms with Gasteiger partial charge in [-0.1, -0.05) is 18.5 Å². The van der Waals surface area contributed by atoms with Crippen molar-refractivity contribution in [2.45, 2.75) is 19.8 Å². The number of benzene rings is 1. The minimum Gasteiger partial charge on any atom is -0.465 e. The number of furan rings is 1. The summed E-state index contributed by atoms with van der Waals surface area (Å²) < 4.78 is 5.10. The third-order valence-electron chi connectivity index (χ3n) is 2.93. The van der Waals surface area contributed by atoms with Crippen LogP contribution in [0.3, 0.4) is 0 Å². The van der Waals surface area contributed by atoms with Crippen molar-refractivity contribution in [1.82, 2.24) is 0 Å². The Balaban J connectivity index is 2.03. The normalized spacial score (nSPS) is 10.7. The van der Waals surface area contributed by atoms with Gasteiger partial charge in [-0.25, -0.2) is 0 Å². The van der Waals surface area contributed by atoms with E-state index < -0.39 is 0 Å². The summed E-state index contributed by atoms with van der Waals surface area (Å²) in [7, 11) is 0. The van der Waals surface area contributed by atoms with E-state index in [1.54, 1.807) is 36.4 Å². The molecular formula is C17H17ClN2O3. The molecule has 120 valence electrons. The maximum atomic E-state index is 11.9. The monoisotopic (exact) mass is 332 g/mol. The minimum absolute atomic E-state index is 0.0789. The molecule has 0 aliphatic carbocycles. The Morgan fingerprint density at radius 1 is 1.26 bits per heavy atom. The van der Waals surface area contributed by atoms with Crippen molar-refractivity contribution < 1.29 is 14.0 Å². The Labute approximate surface area is 139 Å². The molecule has 6 heteroatoms. The third-order valence-corrected chi connectivity index (χ3v) is 3.26.